The van der Waals surface area contributed by atoms with Crippen LogP contribution in [0.4, 0.5) is 5.69 Å². The van der Waals surface area contributed by atoms with E-state index >= 15 is 0 Å². The van der Waals surface area contributed by atoms with E-state index < -0.39 is 6.10 Å². The molecule has 21 heavy (non-hydrogen) atoms. The summed E-state index contributed by atoms with van der Waals surface area (Å²) in [5.41, 5.74) is 1.87. The molecule has 3 rings (SSSR count). The van der Waals surface area contributed by atoms with Gasteiger partial charge in [-0.15, -0.1) is 23.1 Å². The van der Waals surface area contributed by atoms with Crippen LogP contribution in [0.2, 0.25) is 0 Å². The van der Waals surface area contributed by atoms with Gasteiger partial charge in [0.15, 0.2) is 0 Å². The molecule has 1 amide bonds. The summed E-state index contributed by atoms with van der Waals surface area (Å²) in [6.45, 7) is 2.59. The lowest BCUT2D eigenvalue weighted by molar-refractivity contribution is -0.113. The Kier molecular flexibility index (Phi) is 4.66. The SMILES string of the molecule is CC(NCC(O)c1ccsc1)c1cc2c(s1)SCC(=O)N2. The number of hydrogen-bond donors (Lipinski definition) is 3. The van der Waals surface area contributed by atoms with Gasteiger partial charge < -0.3 is 15.7 Å². The monoisotopic (exact) mass is 340 g/mol. The summed E-state index contributed by atoms with van der Waals surface area (Å²) in [6, 6.07) is 4.11. The van der Waals surface area contributed by atoms with Crippen LogP contribution in [-0.2, 0) is 4.79 Å². The molecule has 0 bridgehead atoms. The van der Waals surface area contributed by atoms with Gasteiger partial charge >= 0.3 is 0 Å². The van der Waals surface area contributed by atoms with Crippen molar-refractivity contribution in [1.29, 1.82) is 0 Å². The van der Waals surface area contributed by atoms with Crippen LogP contribution in [-0.4, -0.2) is 23.3 Å². The molecular weight excluding hydrogens is 324 g/mol. The van der Waals surface area contributed by atoms with Crippen molar-refractivity contribution in [3.05, 3.63) is 33.3 Å². The van der Waals surface area contributed by atoms with Gasteiger partial charge in [-0.05, 0) is 35.4 Å². The van der Waals surface area contributed by atoms with Crippen molar-refractivity contribution in [2.75, 3.05) is 17.6 Å². The second-order valence-electron chi connectivity index (χ2n) is 4.89. The molecule has 2 aromatic heterocycles. The molecular formula is C14H16N2O2S3. The van der Waals surface area contributed by atoms with Gasteiger partial charge in [-0.2, -0.15) is 11.3 Å². The van der Waals surface area contributed by atoms with E-state index in [4.69, 9.17) is 0 Å². The van der Waals surface area contributed by atoms with Crippen LogP contribution in [0.15, 0.2) is 27.1 Å². The Morgan fingerprint density at radius 1 is 1.52 bits per heavy atom. The van der Waals surface area contributed by atoms with Gasteiger partial charge in [-0.1, -0.05) is 0 Å². The Morgan fingerprint density at radius 3 is 3.14 bits per heavy atom. The average molecular weight is 340 g/mol. The highest BCUT2D eigenvalue weighted by atomic mass is 32.2. The highest BCUT2D eigenvalue weighted by Crippen LogP contribution is 2.41. The zero-order valence-electron chi connectivity index (χ0n) is 11.5. The summed E-state index contributed by atoms with van der Waals surface area (Å²) in [7, 11) is 0. The van der Waals surface area contributed by atoms with E-state index in [0.717, 1.165) is 15.5 Å². The smallest absolute Gasteiger partial charge is 0.234 e. The lowest BCUT2D eigenvalue weighted by atomic mass is 10.2. The Morgan fingerprint density at radius 2 is 2.38 bits per heavy atom. The average Bonchev–Trinajstić information content (AvgIpc) is 3.12. The van der Waals surface area contributed by atoms with Gasteiger partial charge in [0.25, 0.3) is 0 Å². The number of hydrogen-bond acceptors (Lipinski definition) is 6. The van der Waals surface area contributed by atoms with Crippen LogP contribution in [0.1, 0.15) is 29.5 Å². The predicted molar refractivity (Wildman–Crippen MR) is 89.4 cm³/mol. The molecule has 0 radical (unpaired) electrons. The fourth-order valence-corrected chi connectivity index (χ4v) is 4.97. The summed E-state index contributed by atoms with van der Waals surface area (Å²) in [6.07, 6.45) is -0.484. The molecule has 2 unspecified atom stereocenters. The molecule has 4 nitrogen and oxygen atoms in total. The van der Waals surface area contributed by atoms with Gasteiger partial charge in [0.1, 0.15) is 0 Å². The lowest BCUT2D eigenvalue weighted by Gasteiger charge is -2.15. The fraction of sp³-hybridized carbons (Fsp3) is 0.357. The number of anilines is 1. The second-order valence-corrected chi connectivity index (χ2v) is 8.00. The van der Waals surface area contributed by atoms with Crippen molar-refractivity contribution < 1.29 is 9.90 Å². The molecule has 0 saturated heterocycles. The molecule has 112 valence electrons. The van der Waals surface area contributed by atoms with Gasteiger partial charge in [-0.3, -0.25) is 4.79 Å². The van der Waals surface area contributed by atoms with Crippen LogP contribution >= 0.6 is 34.4 Å². The molecule has 1 aliphatic heterocycles. The van der Waals surface area contributed by atoms with Crippen LogP contribution in [0.5, 0.6) is 0 Å². The zero-order chi connectivity index (χ0) is 14.8. The molecule has 0 aromatic carbocycles. The zero-order valence-corrected chi connectivity index (χ0v) is 13.9. The Labute approximate surface area is 135 Å². The van der Waals surface area contributed by atoms with Crippen LogP contribution in [0, 0.1) is 0 Å². The van der Waals surface area contributed by atoms with Crippen molar-refractivity contribution in [1.82, 2.24) is 5.32 Å². The highest BCUT2D eigenvalue weighted by Gasteiger charge is 2.21. The van der Waals surface area contributed by atoms with Crippen LogP contribution in [0.25, 0.3) is 0 Å². The minimum atomic E-state index is -0.484. The maximum absolute atomic E-state index is 11.4. The molecule has 3 N–H and O–H groups in total. The first-order valence-corrected chi connectivity index (χ1v) is 9.38. The van der Waals surface area contributed by atoms with Crippen molar-refractivity contribution in [3.8, 4) is 0 Å². The lowest BCUT2D eigenvalue weighted by Crippen LogP contribution is -2.23. The topological polar surface area (TPSA) is 61.4 Å². The number of aliphatic hydroxyl groups excluding tert-OH is 1. The molecule has 2 aromatic rings. The summed E-state index contributed by atoms with van der Waals surface area (Å²) >= 11 is 4.88. The van der Waals surface area contributed by atoms with Crippen LogP contribution in [0.3, 0.4) is 0 Å². The maximum Gasteiger partial charge on any atom is 0.234 e. The largest absolute Gasteiger partial charge is 0.387 e. The van der Waals surface area contributed by atoms with E-state index in [0.29, 0.717) is 12.3 Å². The number of thiophene rings is 2. The van der Waals surface area contributed by atoms with Gasteiger partial charge in [0, 0.05) is 17.5 Å². The van der Waals surface area contributed by atoms with E-state index in [1.807, 2.05) is 22.9 Å². The third kappa shape index (κ3) is 3.49. The molecule has 1 aliphatic rings. The molecule has 0 spiro atoms. The molecule has 0 aliphatic carbocycles. The summed E-state index contributed by atoms with van der Waals surface area (Å²) in [4.78, 5) is 12.5. The molecule has 7 heteroatoms. The van der Waals surface area contributed by atoms with Crippen molar-refractivity contribution in [3.63, 3.8) is 0 Å². The summed E-state index contributed by atoms with van der Waals surface area (Å²) in [5, 5.41) is 20.3. The third-order valence-electron chi connectivity index (χ3n) is 3.30. The first-order chi connectivity index (χ1) is 10.1. The Hall–Kier alpha value is -0.860. The molecule has 2 atom stereocenters. The first kappa shape index (κ1) is 15.1. The first-order valence-electron chi connectivity index (χ1n) is 6.63. The summed E-state index contributed by atoms with van der Waals surface area (Å²) < 4.78 is 1.16. The quantitative estimate of drug-likeness (QED) is 0.782. The number of rotatable bonds is 5. The van der Waals surface area contributed by atoms with Gasteiger partial charge in [0.2, 0.25) is 5.91 Å². The van der Waals surface area contributed by atoms with Gasteiger partial charge in [-0.25, -0.2) is 0 Å². The molecule has 0 fully saturated rings. The Balaban J connectivity index is 1.61. The predicted octanol–water partition coefficient (Wildman–Crippen LogP) is 3.24. The second kappa shape index (κ2) is 6.50. The van der Waals surface area contributed by atoms with E-state index in [-0.39, 0.29) is 11.9 Å². The Bertz CT molecular complexity index is 624. The molecule has 3 heterocycles. The third-order valence-corrected chi connectivity index (χ3v) is 6.60. The van der Waals surface area contributed by atoms with Crippen molar-refractivity contribution in [2.45, 2.75) is 23.3 Å². The van der Waals surface area contributed by atoms with E-state index in [9.17, 15) is 9.90 Å². The van der Waals surface area contributed by atoms with Gasteiger partial charge in [0.05, 0.1) is 21.8 Å². The van der Waals surface area contributed by atoms with E-state index in [1.54, 1.807) is 34.4 Å². The number of fused-ring (bicyclic) bond motifs is 1. The minimum absolute atomic E-state index is 0.0605. The number of amides is 1. The standard InChI is InChI=1S/C14H16N2O2S3/c1-8(15-5-11(17)9-2-3-19-6-9)12-4-10-14(21-12)20-7-13(18)16-10/h2-4,6,8,11,15,17H,5,7H2,1H3,(H,16,18). The number of carbonyl (C=O) groups is 1. The number of aliphatic hydroxyl groups is 1. The number of thioether (sulfide) groups is 1. The van der Waals surface area contributed by atoms with E-state index in [1.165, 1.54) is 4.88 Å². The fourth-order valence-electron chi connectivity index (χ4n) is 2.09. The summed E-state index contributed by atoms with van der Waals surface area (Å²) in [5.74, 6) is 0.552. The van der Waals surface area contributed by atoms with Crippen molar-refractivity contribution in [2.24, 2.45) is 0 Å². The number of carbonyl (C=O) groups excluding carboxylic acids is 1. The highest BCUT2D eigenvalue weighted by molar-refractivity contribution is 8.02. The van der Waals surface area contributed by atoms with Crippen molar-refractivity contribution >= 4 is 46.0 Å². The van der Waals surface area contributed by atoms with Crippen LogP contribution < -0.4 is 10.6 Å². The minimum Gasteiger partial charge on any atom is -0.387 e. The van der Waals surface area contributed by atoms with E-state index in [2.05, 4.69) is 17.6 Å². The normalized spacial score (nSPS) is 17.1. The maximum atomic E-state index is 11.4. The number of nitrogens with one attached hydrogen (secondary N) is 2. The molecule has 0 saturated carbocycles.